The van der Waals surface area contributed by atoms with Gasteiger partial charge in [-0.25, -0.2) is 9.13 Å². The van der Waals surface area contributed by atoms with Crippen LogP contribution in [0.1, 0.15) is 19.8 Å². The zero-order chi connectivity index (χ0) is 13.8. The van der Waals surface area contributed by atoms with Crippen molar-refractivity contribution in [1.82, 2.24) is 0 Å². The van der Waals surface area contributed by atoms with E-state index in [1.165, 1.54) is 0 Å². The Labute approximate surface area is 104 Å². The van der Waals surface area contributed by atoms with Crippen LogP contribution in [0, 0.1) is 17.3 Å². The number of fused-ring (bicyclic) bond motifs is 1. The average Bonchev–Trinajstić information content (AvgIpc) is 2.77. The smallest absolute Gasteiger partial charge is 0.303 e. The van der Waals surface area contributed by atoms with Gasteiger partial charge < -0.3 is 19.6 Å². The lowest BCUT2D eigenvalue weighted by molar-refractivity contribution is 0.0296. The Morgan fingerprint density at radius 3 is 2.33 bits per heavy atom. The number of phosphoric acid groups is 2. The lowest BCUT2D eigenvalue weighted by atomic mass is 9.96. The van der Waals surface area contributed by atoms with Gasteiger partial charge in [-0.05, 0) is 24.7 Å². The summed E-state index contributed by atoms with van der Waals surface area (Å²) in [7, 11) is -9.20. The summed E-state index contributed by atoms with van der Waals surface area (Å²) in [5, 5.41) is 0. The van der Waals surface area contributed by atoms with E-state index in [0.29, 0.717) is 6.42 Å². The molecule has 0 heterocycles. The van der Waals surface area contributed by atoms with Crippen LogP contribution in [-0.2, 0) is 18.2 Å². The first kappa shape index (κ1) is 14.6. The Kier molecular flexibility index (Phi) is 3.55. The summed E-state index contributed by atoms with van der Waals surface area (Å²) in [6.45, 7) is 1.56. The van der Waals surface area contributed by atoms with E-state index in [1.54, 1.807) is 6.92 Å². The van der Waals surface area contributed by atoms with Crippen molar-refractivity contribution in [2.45, 2.75) is 25.9 Å². The van der Waals surface area contributed by atoms with E-state index in [2.05, 4.69) is 4.52 Å². The minimum absolute atomic E-state index is 0.0725. The normalized spacial score (nSPS) is 39.7. The molecule has 0 aromatic rings. The van der Waals surface area contributed by atoms with E-state index in [0.717, 1.165) is 6.42 Å². The van der Waals surface area contributed by atoms with Gasteiger partial charge in [-0.3, -0.25) is 9.05 Å². The van der Waals surface area contributed by atoms with Gasteiger partial charge in [-0.2, -0.15) is 0 Å². The minimum atomic E-state index is -4.62. The highest BCUT2D eigenvalue weighted by molar-refractivity contribution is 7.46. The Balaban J connectivity index is 2.07. The van der Waals surface area contributed by atoms with Crippen LogP contribution in [0.3, 0.4) is 0 Å². The maximum atomic E-state index is 10.9. The van der Waals surface area contributed by atoms with Gasteiger partial charge >= 0.3 is 15.6 Å². The summed E-state index contributed by atoms with van der Waals surface area (Å²) in [6, 6.07) is 0. The zero-order valence-corrected chi connectivity index (χ0v) is 11.5. The van der Waals surface area contributed by atoms with Gasteiger partial charge in [0, 0.05) is 5.41 Å². The summed E-state index contributed by atoms with van der Waals surface area (Å²) in [5.74, 6) is 0.0762. The van der Waals surface area contributed by atoms with Crippen molar-refractivity contribution in [3.63, 3.8) is 0 Å². The molecule has 3 unspecified atom stereocenters. The molecule has 4 atom stereocenters. The second-order valence-electron chi connectivity index (χ2n) is 5.13. The van der Waals surface area contributed by atoms with Crippen LogP contribution in [0.15, 0.2) is 0 Å². The standard InChI is InChI=1S/C8H16O8P2/c1-5-2-6-3-8(6,4-15-17(9,10)11)7(5)16-18(12,13)14/h5-7H,2-4H2,1H3,(H2,9,10,11)(H2,12,13,14)/t5?,6?,7?,8-/m0/s1. The molecule has 2 saturated carbocycles. The number of hydrogen-bond acceptors (Lipinski definition) is 4. The van der Waals surface area contributed by atoms with Crippen LogP contribution in [0.2, 0.25) is 0 Å². The second-order valence-corrected chi connectivity index (χ2v) is 7.56. The van der Waals surface area contributed by atoms with E-state index in [9.17, 15) is 9.13 Å². The van der Waals surface area contributed by atoms with Crippen molar-refractivity contribution < 1.29 is 37.8 Å². The molecular weight excluding hydrogens is 286 g/mol. The SMILES string of the molecule is CC1CC2C[C@@]2(COP(=O)(O)O)C1OP(=O)(O)O. The molecule has 0 spiro atoms. The number of hydrogen-bond donors (Lipinski definition) is 4. The van der Waals surface area contributed by atoms with Gasteiger partial charge in [0.2, 0.25) is 0 Å². The van der Waals surface area contributed by atoms with Crippen LogP contribution in [-0.4, -0.2) is 32.3 Å². The molecule has 106 valence electrons. The van der Waals surface area contributed by atoms with Crippen LogP contribution in [0.5, 0.6) is 0 Å². The van der Waals surface area contributed by atoms with E-state index >= 15 is 0 Å². The zero-order valence-electron chi connectivity index (χ0n) is 9.67. The van der Waals surface area contributed by atoms with E-state index in [1.807, 2.05) is 0 Å². The maximum absolute atomic E-state index is 10.9. The van der Waals surface area contributed by atoms with Crippen molar-refractivity contribution in [1.29, 1.82) is 0 Å². The summed E-state index contributed by atoms with van der Waals surface area (Å²) in [4.78, 5) is 35.1. The third-order valence-electron chi connectivity index (χ3n) is 3.77. The molecule has 2 aliphatic carbocycles. The van der Waals surface area contributed by atoms with Crippen molar-refractivity contribution >= 4 is 15.6 Å². The quantitative estimate of drug-likeness (QED) is 0.543. The Morgan fingerprint density at radius 1 is 1.22 bits per heavy atom. The van der Waals surface area contributed by atoms with Gasteiger partial charge in [-0.1, -0.05) is 6.92 Å². The molecule has 0 radical (unpaired) electrons. The first-order valence-electron chi connectivity index (χ1n) is 5.47. The van der Waals surface area contributed by atoms with Crippen molar-refractivity contribution in [3.05, 3.63) is 0 Å². The largest absolute Gasteiger partial charge is 0.469 e. The molecule has 0 aliphatic heterocycles. The summed E-state index contributed by atoms with van der Waals surface area (Å²) < 4.78 is 30.9. The third-order valence-corrected chi connectivity index (χ3v) is 4.74. The molecule has 2 aliphatic rings. The Hall–Kier alpha value is 0.220. The predicted molar refractivity (Wildman–Crippen MR) is 59.2 cm³/mol. The lowest BCUT2D eigenvalue weighted by Crippen LogP contribution is -2.30. The predicted octanol–water partition coefficient (Wildman–Crippen LogP) is 0.620. The van der Waals surface area contributed by atoms with Gasteiger partial charge in [-0.15, -0.1) is 0 Å². The number of phosphoric ester groups is 2. The number of rotatable bonds is 5. The van der Waals surface area contributed by atoms with Gasteiger partial charge in [0.1, 0.15) is 0 Å². The van der Waals surface area contributed by atoms with Crippen LogP contribution < -0.4 is 0 Å². The lowest BCUT2D eigenvalue weighted by Gasteiger charge is -2.27. The topological polar surface area (TPSA) is 134 Å². The third kappa shape index (κ3) is 3.03. The van der Waals surface area contributed by atoms with Gasteiger partial charge in [0.25, 0.3) is 0 Å². The molecular formula is C8H16O8P2. The molecule has 10 heteroatoms. The fourth-order valence-corrected chi connectivity index (χ4v) is 4.15. The van der Waals surface area contributed by atoms with Crippen molar-refractivity contribution in [2.24, 2.45) is 17.3 Å². The second kappa shape index (κ2) is 4.36. The highest BCUT2D eigenvalue weighted by Gasteiger charge is 2.67. The molecule has 18 heavy (non-hydrogen) atoms. The molecule has 0 aromatic carbocycles. The summed E-state index contributed by atoms with van der Waals surface area (Å²) in [5.41, 5.74) is -0.665. The maximum Gasteiger partial charge on any atom is 0.469 e. The highest BCUT2D eigenvalue weighted by Crippen LogP contribution is 2.69. The van der Waals surface area contributed by atoms with Crippen LogP contribution in [0.4, 0.5) is 0 Å². The van der Waals surface area contributed by atoms with E-state index in [-0.39, 0.29) is 18.4 Å². The molecule has 2 fully saturated rings. The van der Waals surface area contributed by atoms with E-state index in [4.69, 9.17) is 24.1 Å². The van der Waals surface area contributed by atoms with Crippen molar-refractivity contribution in [3.8, 4) is 0 Å². The molecule has 0 bridgehead atoms. The van der Waals surface area contributed by atoms with Gasteiger partial charge in [0.05, 0.1) is 12.7 Å². The molecule has 0 saturated heterocycles. The molecule has 0 amide bonds. The van der Waals surface area contributed by atoms with E-state index < -0.39 is 27.2 Å². The fraction of sp³-hybridized carbons (Fsp3) is 1.00. The van der Waals surface area contributed by atoms with Crippen LogP contribution in [0.25, 0.3) is 0 Å². The Bertz CT molecular complexity index is 427. The first-order chi connectivity index (χ1) is 8.04. The molecule has 4 N–H and O–H groups in total. The van der Waals surface area contributed by atoms with Crippen LogP contribution >= 0.6 is 15.6 Å². The summed E-state index contributed by atoms with van der Waals surface area (Å²) in [6.07, 6.45) is 0.604. The highest BCUT2D eigenvalue weighted by atomic mass is 31.2. The molecule has 2 rings (SSSR count). The molecule has 0 aromatic heterocycles. The van der Waals surface area contributed by atoms with Gasteiger partial charge in [0.15, 0.2) is 0 Å². The molecule has 8 nitrogen and oxygen atoms in total. The first-order valence-corrected chi connectivity index (χ1v) is 8.54. The summed E-state index contributed by atoms with van der Waals surface area (Å²) >= 11 is 0. The minimum Gasteiger partial charge on any atom is -0.303 e. The Morgan fingerprint density at radius 2 is 1.83 bits per heavy atom. The average molecular weight is 302 g/mol. The van der Waals surface area contributed by atoms with Crippen molar-refractivity contribution in [2.75, 3.05) is 6.61 Å². The fourth-order valence-electron chi connectivity index (χ4n) is 3.03. The monoisotopic (exact) mass is 302 g/mol.